The second-order valence-electron chi connectivity index (χ2n) is 4.17. The number of rotatable bonds is 5. The zero-order chi connectivity index (χ0) is 15.5. The van der Waals surface area contributed by atoms with Gasteiger partial charge in [-0.3, -0.25) is 10.1 Å². The quantitative estimate of drug-likeness (QED) is 0.515. The van der Waals surface area contributed by atoms with E-state index in [1.54, 1.807) is 22.1 Å². The summed E-state index contributed by atoms with van der Waals surface area (Å²) >= 11 is 8.97. The first-order chi connectivity index (χ1) is 10.6. The third-order valence-corrected chi connectivity index (χ3v) is 5.05. The number of hydrogen-bond acceptors (Lipinski definition) is 7. The molecule has 0 aliphatic heterocycles. The molecule has 3 rings (SSSR count). The average molecular weight is 354 g/mol. The normalized spacial score (nSPS) is 10.8. The van der Waals surface area contributed by atoms with Gasteiger partial charge in [0.1, 0.15) is 0 Å². The summed E-state index contributed by atoms with van der Waals surface area (Å²) in [6.45, 7) is 0.567. The molecule has 0 bridgehead atoms. The molecule has 3 aromatic rings. The molecule has 0 saturated carbocycles. The van der Waals surface area contributed by atoms with E-state index in [0.717, 1.165) is 4.88 Å². The van der Waals surface area contributed by atoms with Crippen LogP contribution in [-0.4, -0.2) is 25.1 Å². The monoisotopic (exact) mass is 353 g/mol. The smallest absolute Gasteiger partial charge is 0.258 e. The molecule has 0 spiro atoms. The summed E-state index contributed by atoms with van der Waals surface area (Å²) in [5.74, 6) is 0. The van der Waals surface area contributed by atoms with Crippen LogP contribution in [0, 0.1) is 10.1 Å². The lowest BCUT2D eigenvalue weighted by Gasteiger charge is -2.04. The summed E-state index contributed by atoms with van der Waals surface area (Å²) in [4.78, 5) is 12.0. The van der Waals surface area contributed by atoms with E-state index in [9.17, 15) is 10.1 Å². The summed E-state index contributed by atoms with van der Waals surface area (Å²) in [7, 11) is 0. The number of non-ortho nitro benzene ring substituents is 1. The van der Waals surface area contributed by atoms with Gasteiger partial charge >= 0.3 is 0 Å². The number of nitrogens with zero attached hydrogens (tertiary/aromatic N) is 5. The molecule has 0 fully saturated rings. The van der Waals surface area contributed by atoms with Crippen molar-refractivity contribution in [3.63, 3.8) is 0 Å². The van der Waals surface area contributed by atoms with Crippen LogP contribution in [0.15, 0.2) is 45.8 Å². The van der Waals surface area contributed by atoms with E-state index in [1.165, 1.54) is 23.9 Å². The van der Waals surface area contributed by atoms with Crippen LogP contribution in [0.4, 0.5) is 5.69 Å². The Morgan fingerprint density at radius 3 is 2.95 bits per heavy atom. The minimum atomic E-state index is -0.485. The number of tetrazole rings is 1. The number of benzene rings is 1. The van der Waals surface area contributed by atoms with Crippen molar-refractivity contribution in [3.05, 3.63) is 55.7 Å². The molecular weight excluding hydrogens is 346 g/mol. The lowest BCUT2D eigenvalue weighted by Crippen LogP contribution is -2.02. The van der Waals surface area contributed by atoms with Crippen LogP contribution in [0.25, 0.3) is 0 Å². The zero-order valence-electron chi connectivity index (χ0n) is 10.9. The van der Waals surface area contributed by atoms with Crippen molar-refractivity contribution in [2.24, 2.45) is 0 Å². The standard InChI is InChI=1S/C12H8ClN5O2S2/c13-10-6-8(18(19)20)3-4-11(10)22-12-14-15-16-17(12)7-9-2-1-5-21-9/h1-6H,7H2. The molecule has 22 heavy (non-hydrogen) atoms. The van der Waals surface area contributed by atoms with Gasteiger partial charge in [0.2, 0.25) is 5.16 Å². The van der Waals surface area contributed by atoms with Crippen molar-refractivity contribution in [1.82, 2.24) is 20.2 Å². The molecule has 0 aliphatic carbocycles. The van der Waals surface area contributed by atoms with Crippen molar-refractivity contribution in [2.75, 3.05) is 0 Å². The predicted octanol–water partition coefficient (Wildman–Crippen LogP) is 3.50. The summed E-state index contributed by atoms with van der Waals surface area (Å²) in [5.41, 5.74) is -0.0486. The minimum absolute atomic E-state index is 0.0486. The maximum absolute atomic E-state index is 10.7. The van der Waals surface area contributed by atoms with Crippen LogP contribution in [0.3, 0.4) is 0 Å². The van der Waals surface area contributed by atoms with Crippen LogP contribution >= 0.6 is 34.7 Å². The van der Waals surface area contributed by atoms with Crippen LogP contribution in [0.1, 0.15) is 4.88 Å². The van der Waals surface area contributed by atoms with Gasteiger partial charge in [-0.1, -0.05) is 17.7 Å². The van der Waals surface area contributed by atoms with Gasteiger partial charge in [0.15, 0.2) is 0 Å². The van der Waals surface area contributed by atoms with Gasteiger partial charge in [-0.2, -0.15) is 0 Å². The molecule has 10 heteroatoms. The van der Waals surface area contributed by atoms with Gasteiger partial charge < -0.3 is 0 Å². The van der Waals surface area contributed by atoms with E-state index in [4.69, 9.17) is 11.6 Å². The molecule has 0 unspecified atom stereocenters. The van der Waals surface area contributed by atoms with Crippen LogP contribution < -0.4 is 0 Å². The Labute approximate surface area is 138 Å². The molecule has 2 heterocycles. The van der Waals surface area contributed by atoms with Crippen molar-refractivity contribution >= 4 is 40.4 Å². The lowest BCUT2D eigenvalue weighted by atomic mass is 10.3. The minimum Gasteiger partial charge on any atom is -0.258 e. The SMILES string of the molecule is O=[N+]([O-])c1ccc(Sc2nnnn2Cc2cccs2)c(Cl)c1. The summed E-state index contributed by atoms with van der Waals surface area (Å²) in [6.07, 6.45) is 0. The highest BCUT2D eigenvalue weighted by atomic mass is 35.5. The van der Waals surface area contributed by atoms with Gasteiger partial charge in [0, 0.05) is 21.9 Å². The Bertz CT molecular complexity index is 806. The fraction of sp³-hybridized carbons (Fsp3) is 0.0833. The Morgan fingerprint density at radius 1 is 1.41 bits per heavy atom. The topological polar surface area (TPSA) is 86.7 Å². The Hall–Kier alpha value is -1.97. The number of nitro groups is 1. The number of thiophene rings is 1. The maximum atomic E-state index is 10.7. The zero-order valence-corrected chi connectivity index (χ0v) is 13.3. The molecule has 0 aliphatic rings. The first-order valence-electron chi connectivity index (χ1n) is 6.04. The van der Waals surface area contributed by atoms with E-state index < -0.39 is 4.92 Å². The highest BCUT2D eigenvalue weighted by Crippen LogP contribution is 2.34. The van der Waals surface area contributed by atoms with Gasteiger partial charge in [-0.05, 0) is 39.7 Å². The second kappa shape index (κ2) is 6.42. The molecule has 0 saturated heterocycles. The van der Waals surface area contributed by atoms with Crippen LogP contribution in [-0.2, 0) is 6.54 Å². The van der Waals surface area contributed by atoms with Gasteiger partial charge in [0.25, 0.3) is 5.69 Å². The molecule has 0 N–H and O–H groups in total. The molecular formula is C12H8ClN5O2S2. The predicted molar refractivity (Wildman–Crippen MR) is 83.5 cm³/mol. The number of aromatic nitrogens is 4. The highest BCUT2D eigenvalue weighted by Gasteiger charge is 2.14. The Balaban J connectivity index is 1.82. The molecule has 0 amide bonds. The van der Waals surface area contributed by atoms with E-state index in [2.05, 4.69) is 15.5 Å². The molecule has 1 aromatic carbocycles. The van der Waals surface area contributed by atoms with Crippen LogP contribution in [0.2, 0.25) is 5.02 Å². The van der Waals surface area contributed by atoms with Crippen molar-refractivity contribution < 1.29 is 4.92 Å². The Kier molecular flexibility index (Phi) is 4.36. The molecule has 0 atom stereocenters. The van der Waals surface area contributed by atoms with Crippen molar-refractivity contribution in [3.8, 4) is 0 Å². The molecule has 7 nitrogen and oxygen atoms in total. The second-order valence-corrected chi connectivity index (χ2v) is 6.62. The number of hydrogen-bond donors (Lipinski definition) is 0. The van der Waals surface area contributed by atoms with E-state index in [0.29, 0.717) is 21.6 Å². The van der Waals surface area contributed by atoms with Gasteiger partial charge in [-0.15, -0.1) is 16.4 Å². The van der Waals surface area contributed by atoms with E-state index in [-0.39, 0.29) is 5.69 Å². The van der Waals surface area contributed by atoms with Crippen molar-refractivity contribution in [1.29, 1.82) is 0 Å². The lowest BCUT2D eigenvalue weighted by molar-refractivity contribution is -0.384. The van der Waals surface area contributed by atoms with Crippen LogP contribution in [0.5, 0.6) is 0 Å². The summed E-state index contributed by atoms with van der Waals surface area (Å²) < 4.78 is 1.66. The van der Waals surface area contributed by atoms with E-state index in [1.807, 2.05) is 17.5 Å². The average Bonchev–Trinajstić information content (AvgIpc) is 3.14. The molecule has 0 radical (unpaired) electrons. The van der Waals surface area contributed by atoms with E-state index >= 15 is 0 Å². The maximum Gasteiger partial charge on any atom is 0.270 e. The third kappa shape index (κ3) is 3.26. The third-order valence-electron chi connectivity index (χ3n) is 2.71. The molecule has 112 valence electrons. The van der Waals surface area contributed by atoms with Gasteiger partial charge in [0.05, 0.1) is 16.5 Å². The van der Waals surface area contributed by atoms with Crippen molar-refractivity contribution in [2.45, 2.75) is 16.6 Å². The molecule has 2 aromatic heterocycles. The highest BCUT2D eigenvalue weighted by molar-refractivity contribution is 7.99. The fourth-order valence-electron chi connectivity index (χ4n) is 1.70. The first kappa shape index (κ1) is 14.9. The largest absolute Gasteiger partial charge is 0.270 e. The Morgan fingerprint density at radius 2 is 2.27 bits per heavy atom. The first-order valence-corrected chi connectivity index (χ1v) is 8.11. The number of nitro benzene ring substituents is 1. The fourth-order valence-corrected chi connectivity index (χ4v) is 3.45. The summed E-state index contributed by atoms with van der Waals surface area (Å²) in [6, 6.07) is 8.28. The summed E-state index contributed by atoms with van der Waals surface area (Å²) in [5, 5.41) is 25.2. The number of halogens is 1. The van der Waals surface area contributed by atoms with Gasteiger partial charge in [-0.25, -0.2) is 4.68 Å².